The van der Waals surface area contributed by atoms with E-state index in [1.165, 1.54) is 28.2 Å². The highest BCUT2D eigenvalue weighted by molar-refractivity contribution is 7.13. The monoisotopic (exact) mass is 430 g/mol. The van der Waals surface area contributed by atoms with E-state index in [9.17, 15) is 18.0 Å². The molecule has 4 rings (SSSR count). The second-order valence-corrected chi connectivity index (χ2v) is 7.04. The van der Waals surface area contributed by atoms with Crippen LogP contribution in [-0.4, -0.2) is 25.7 Å². The van der Waals surface area contributed by atoms with Crippen molar-refractivity contribution in [2.75, 3.05) is 0 Å². The highest BCUT2D eigenvalue weighted by Gasteiger charge is 2.31. The third-order valence-corrected chi connectivity index (χ3v) is 4.89. The Morgan fingerprint density at radius 1 is 1.10 bits per heavy atom. The first-order chi connectivity index (χ1) is 14.4. The number of aromatic nitrogens is 4. The van der Waals surface area contributed by atoms with E-state index in [2.05, 4.69) is 15.1 Å². The van der Waals surface area contributed by atoms with Gasteiger partial charge in [0.2, 0.25) is 0 Å². The molecule has 3 heterocycles. The normalized spacial score (nSPS) is 11.4. The van der Waals surface area contributed by atoms with Crippen molar-refractivity contribution in [3.05, 3.63) is 83.3 Å². The third-order valence-electron chi connectivity index (χ3n) is 4.03. The first-order valence-corrected chi connectivity index (χ1v) is 9.55. The molecule has 0 aliphatic carbocycles. The Kier molecular flexibility index (Phi) is 5.32. The van der Waals surface area contributed by atoms with Gasteiger partial charge in [-0.05, 0) is 41.8 Å². The maximum atomic E-state index is 13.1. The maximum Gasteiger partial charge on any atom is 0.416 e. The molecule has 6 nitrogen and oxygen atoms in total. The molecule has 0 spiro atoms. The number of thiophene rings is 1. The summed E-state index contributed by atoms with van der Waals surface area (Å²) in [6, 6.07) is 13.3. The number of hydrogen-bond donors (Lipinski definition) is 0. The molecular formula is C20H13F3N4O2S. The molecule has 0 atom stereocenters. The molecule has 0 radical (unpaired) electrons. The molecule has 0 amide bonds. The highest BCUT2D eigenvalue weighted by Crippen LogP contribution is 2.32. The van der Waals surface area contributed by atoms with Crippen molar-refractivity contribution < 1.29 is 22.7 Å². The van der Waals surface area contributed by atoms with E-state index in [0.717, 1.165) is 12.1 Å². The van der Waals surface area contributed by atoms with Crippen LogP contribution in [0.25, 0.3) is 16.4 Å². The molecule has 4 aromatic rings. The van der Waals surface area contributed by atoms with Gasteiger partial charge in [0.1, 0.15) is 6.61 Å². The topological polar surface area (TPSA) is 69.9 Å². The van der Waals surface area contributed by atoms with Crippen molar-refractivity contribution in [2.24, 2.45) is 0 Å². The zero-order chi connectivity index (χ0) is 21.1. The lowest BCUT2D eigenvalue weighted by molar-refractivity contribution is -0.137. The summed E-state index contributed by atoms with van der Waals surface area (Å²) in [7, 11) is 0. The third kappa shape index (κ3) is 4.23. The smallest absolute Gasteiger partial charge is 0.416 e. The summed E-state index contributed by atoms with van der Waals surface area (Å²) >= 11 is 1.32. The quantitative estimate of drug-likeness (QED) is 0.427. The largest absolute Gasteiger partial charge is 0.453 e. The number of hydrogen-bond acceptors (Lipinski definition) is 6. The number of benzene rings is 1. The minimum absolute atomic E-state index is 0.0773. The molecule has 0 saturated heterocycles. The Morgan fingerprint density at radius 3 is 2.67 bits per heavy atom. The van der Waals surface area contributed by atoms with Crippen molar-refractivity contribution in [3.63, 3.8) is 0 Å². The van der Waals surface area contributed by atoms with Crippen LogP contribution in [0.2, 0.25) is 0 Å². The highest BCUT2D eigenvalue weighted by atomic mass is 32.1. The van der Waals surface area contributed by atoms with Gasteiger partial charge in [0.05, 0.1) is 21.8 Å². The summed E-state index contributed by atoms with van der Waals surface area (Å²) < 4.78 is 45.8. The minimum atomic E-state index is -4.51. The van der Waals surface area contributed by atoms with Crippen LogP contribution in [0.3, 0.4) is 0 Å². The number of carbonyl (C=O) groups is 1. The van der Waals surface area contributed by atoms with Gasteiger partial charge in [-0.25, -0.2) is 9.48 Å². The molecule has 30 heavy (non-hydrogen) atoms. The number of pyridine rings is 1. The van der Waals surface area contributed by atoms with Crippen LogP contribution in [0, 0.1) is 0 Å². The van der Waals surface area contributed by atoms with E-state index in [1.807, 2.05) is 0 Å². The van der Waals surface area contributed by atoms with E-state index in [1.54, 1.807) is 41.9 Å². The molecule has 152 valence electrons. The van der Waals surface area contributed by atoms with Gasteiger partial charge in [0.15, 0.2) is 5.82 Å². The summed E-state index contributed by atoms with van der Waals surface area (Å²) in [4.78, 5) is 21.4. The number of carbonyl (C=O) groups excluding carboxylic acids is 1. The maximum absolute atomic E-state index is 13.1. The van der Waals surface area contributed by atoms with Gasteiger partial charge in [-0.3, -0.25) is 4.98 Å². The van der Waals surface area contributed by atoms with E-state index in [4.69, 9.17) is 4.74 Å². The Bertz CT molecular complexity index is 1160. The fourth-order valence-corrected chi connectivity index (χ4v) is 3.34. The van der Waals surface area contributed by atoms with Crippen LogP contribution >= 0.6 is 11.3 Å². The summed E-state index contributed by atoms with van der Waals surface area (Å²) in [6.07, 6.45) is -2.94. The average Bonchev–Trinajstić information content (AvgIpc) is 3.42. The number of esters is 1. The average molecular weight is 430 g/mol. The van der Waals surface area contributed by atoms with Crippen molar-refractivity contribution in [3.8, 4) is 16.4 Å². The van der Waals surface area contributed by atoms with Crippen molar-refractivity contribution in [1.82, 2.24) is 19.7 Å². The molecule has 0 N–H and O–H groups in total. The van der Waals surface area contributed by atoms with Crippen molar-refractivity contribution in [2.45, 2.75) is 12.8 Å². The number of alkyl halides is 3. The molecular weight excluding hydrogens is 417 g/mol. The lowest BCUT2D eigenvalue weighted by Gasteiger charge is -2.09. The van der Waals surface area contributed by atoms with Gasteiger partial charge >= 0.3 is 12.1 Å². The number of nitrogens with zero attached hydrogens (tertiary/aromatic N) is 4. The fraction of sp³-hybridized carbons (Fsp3) is 0.100. The molecule has 0 fully saturated rings. The van der Waals surface area contributed by atoms with Crippen LogP contribution in [0.15, 0.2) is 66.2 Å². The van der Waals surface area contributed by atoms with Gasteiger partial charge in [-0.1, -0.05) is 18.2 Å². The molecule has 0 unspecified atom stereocenters. The Hall–Kier alpha value is -3.53. The molecule has 0 bridgehead atoms. The zero-order valence-corrected chi connectivity index (χ0v) is 16.0. The standard InChI is InChI=1S/C20H13F3N4O2S/c21-20(22,23)13-5-3-7-15(11-13)27-18(16-8-4-10-30-16)25-17(26-27)19(28)29-12-14-6-1-2-9-24-14/h1-11H,12H2. The predicted octanol–water partition coefficient (Wildman–Crippen LogP) is 4.77. The van der Waals surface area contributed by atoms with E-state index >= 15 is 0 Å². The van der Waals surface area contributed by atoms with Crippen LogP contribution in [0.4, 0.5) is 13.2 Å². The SMILES string of the molecule is O=C(OCc1ccccn1)c1nc(-c2cccs2)n(-c2cccc(C(F)(F)F)c2)n1. The van der Waals surface area contributed by atoms with E-state index in [0.29, 0.717) is 10.6 Å². The van der Waals surface area contributed by atoms with E-state index in [-0.39, 0.29) is 23.9 Å². The summed E-state index contributed by atoms with van der Waals surface area (Å²) in [6.45, 7) is -0.0773. The fourth-order valence-electron chi connectivity index (χ4n) is 2.65. The second kappa shape index (κ2) is 8.07. The summed E-state index contributed by atoms with van der Waals surface area (Å²) in [5.74, 6) is -0.815. The second-order valence-electron chi connectivity index (χ2n) is 6.09. The van der Waals surface area contributed by atoms with Crippen molar-refractivity contribution in [1.29, 1.82) is 0 Å². The number of ether oxygens (including phenoxy) is 1. The first-order valence-electron chi connectivity index (χ1n) is 8.67. The van der Waals surface area contributed by atoms with Gasteiger partial charge < -0.3 is 4.74 Å². The van der Waals surface area contributed by atoms with Gasteiger partial charge in [0.25, 0.3) is 5.82 Å². The van der Waals surface area contributed by atoms with Gasteiger partial charge in [-0.15, -0.1) is 16.4 Å². The Balaban J connectivity index is 1.68. The Labute approximate surface area is 172 Å². The van der Waals surface area contributed by atoms with Crippen molar-refractivity contribution >= 4 is 17.3 Å². The first kappa shape index (κ1) is 19.8. The molecule has 3 aromatic heterocycles. The van der Waals surface area contributed by atoms with Crippen LogP contribution in [0.5, 0.6) is 0 Å². The molecule has 1 aromatic carbocycles. The lowest BCUT2D eigenvalue weighted by Crippen LogP contribution is -2.09. The van der Waals surface area contributed by atoms with E-state index < -0.39 is 17.7 Å². The molecule has 0 saturated carbocycles. The number of halogens is 3. The summed E-state index contributed by atoms with van der Waals surface area (Å²) in [5, 5.41) is 5.91. The minimum Gasteiger partial charge on any atom is -0.453 e. The van der Waals surface area contributed by atoms with Gasteiger partial charge in [0, 0.05) is 6.20 Å². The molecule has 0 aliphatic rings. The molecule has 0 aliphatic heterocycles. The van der Waals surface area contributed by atoms with Crippen LogP contribution in [0.1, 0.15) is 21.9 Å². The lowest BCUT2D eigenvalue weighted by atomic mass is 10.2. The number of rotatable bonds is 5. The van der Waals surface area contributed by atoms with Gasteiger partial charge in [-0.2, -0.15) is 18.2 Å². The molecule has 10 heteroatoms. The Morgan fingerprint density at radius 2 is 1.97 bits per heavy atom. The zero-order valence-electron chi connectivity index (χ0n) is 15.2. The van der Waals surface area contributed by atoms with Crippen LogP contribution in [-0.2, 0) is 17.5 Å². The predicted molar refractivity (Wildman–Crippen MR) is 103 cm³/mol. The summed E-state index contributed by atoms with van der Waals surface area (Å²) in [5.41, 5.74) is -0.155. The van der Waals surface area contributed by atoms with Crippen LogP contribution < -0.4 is 0 Å².